The summed E-state index contributed by atoms with van der Waals surface area (Å²) in [7, 11) is 0. The highest BCUT2D eigenvalue weighted by molar-refractivity contribution is 7.17. The van der Waals surface area contributed by atoms with E-state index in [-0.39, 0.29) is 10.0 Å². The highest BCUT2D eigenvalue weighted by Gasteiger charge is 2.17. The van der Waals surface area contributed by atoms with E-state index < -0.39 is 5.97 Å². The fourth-order valence-corrected chi connectivity index (χ4v) is 2.03. The Kier molecular flexibility index (Phi) is 2.26. The van der Waals surface area contributed by atoms with Crippen molar-refractivity contribution in [2.75, 3.05) is 0 Å². The normalized spacial score (nSPS) is 10.4. The maximum absolute atomic E-state index is 10.7. The third-order valence-electron chi connectivity index (χ3n) is 1.51. The van der Waals surface area contributed by atoms with Crippen LogP contribution < -0.4 is 0 Å². The minimum absolute atomic E-state index is 0.00565. The minimum atomic E-state index is -1.08. The number of halogens is 1. The molecule has 0 aromatic carbocycles. The smallest absolute Gasteiger partial charge is 0.349 e. The van der Waals surface area contributed by atoms with Crippen molar-refractivity contribution < 1.29 is 14.3 Å². The first-order valence-corrected chi connectivity index (χ1v) is 4.81. The number of furan rings is 1. The van der Waals surface area contributed by atoms with Gasteiger partial charge >= 0.3 is 5.97 Å². The second-order valence-corrected chi connectivity index (χ2v) is 3.78. The quantitative estimate of drug-likeness (QED) is 0.860. The van der Waals surface area contributed by atoms with Crippen LogP contribution in [0.25, 0.3) is 10.8 Å². The molecular formula is C8H4ClNO3S. The van der Waals surface area contributed by atoms with E-state index in [0.717, 1.165) is 11.3 Å². The largest absolute Gasteiger partial charge is 0.477 e. The molecule has 4 nitrogen and oxygen atoms in total. The average molecular weight is 230 g/mol. The van der Waals surface area contributed by atoms with Crippen LogP contribution in [0.15, 0.2) is 22.8 Å². The van der Waals surface area contributed by atoms with Gasteiger partial charge in [-0.05, 0) is 12.1 Å². The van der Waals surface area contributed by atoms with E-state index >= 15 is 0 Å². The molecule has 0 amide bonds. The Morgan fingerprint density at radius 2 is 2.43 bits per heavy atom. The van der Waals surface area contributed by atoms with Gasteiger partial charge in [-0.25, -0.2) is 9.78 Å². The third-order valence-corrected chi connectivity index (χ3v) is 2.96. The number of carboxylic acids is 1. The predicted molar refractivity (Wildman–Crippen MR) is 51.8 cm³/mol. The number of nitrogens with zero attached hydrogens (tertiary/aromatic N) is 1. The summed E-state index contributed by atoms with van der Waals surface area (Å²) in [6.45, 7) is 0. The zero-order valence-corrected chi connectivity index (χ0v) is 8.30. The van der Waals surface area contributed by atoms with Gasteiger partial charge in [-0.2, -0.15) is 0 Å². The SMILES string of the molecule is O=C(O)c1sc(-c2ccco2)nc1Cl. The molecule has 0 saturated carbocycles. The van der Waals surface area contributed by atoms with Gasteiger partial charge in [0.25, 0.3) is 0 Å². The molecule has 0 aliphatic heterocycles. The van der Waals surface area contributed by atoms with Crippen LogP contribution in [0.5, 0.6) is 0 Å². The van der Waals surface area contributed by atoms with Crippen LogP contribution in [-0.4, -0.2) is 16.1 Å². The van der Waals surface area contributed by atoms with Crippen molar-refractivity contribution >= 4 is 28.9 Å². The number of hydrogen-bond acceptors (Lipinski definition) is 4. The summed E-state index contributed by atoms with van der Waals surface area (Å²) in [4.78, 5) is 14.6. The van der Waals surface area contributed by atoms with Crippen molar-refractivity contribution in [2.24, 2.45) is 0 Å². The van der Waals surface area contributed by atoms with Gasteiger partial charge in [0.2, 0.25) is 0 Å². The number of carbonyl (C=O) groups is 1. The number of hydrogen-bond donors (Lipinski definition) is 1. The first kappa shape index (κ1) is 9.23. The molecule has 14 heavy (non-hydrogen) atoms. The van der Waals surface area contributed by atoms with E-state index in [1.54, 1.807) is 12.1 Å². The molecule has 0 aliphatic rings. The van der Waals surface area contributed by atoms with Crippen LogP contribution in [-0.2, 0) is 0 Å². The maximum Gasteiger partial charge on any atom is 0.349 e. The summed E-state index contributed by atoms with van der Waals surface area (Å²) < 4.78 is 5.06. The molecular weight excluding hydrogens is 226 g/mol. The molecule has 0 fully saturated rings. The molecule has 0 radical (unpaired) electrons. The van der Waals surface area contributed by atoms with E-state index in [1.165, 1.54) is 6.26 Å². The van der Waals surface area contributed by atoms with Crippen molar-refractivity contribution in [3.05, 3.63) is 28.4 Å². The molecule has 0 unspecified atom stereocenters. The number of aromatic carboxylic acids is 1. The summed E-state index contributed by atoms with van der Waals surface area (Å²) in [5.74, 6) is -0.560. The molecule has 0 bridgehead atoms. The van der Waals surface area contributed by atoms with Gasteiger partial charge in [-0.3, -0.25) is 0 Å². The van der Waals surface area contributed by atoms with Crippen LogP contribution in [0.1, 0.15) is 9.67 Å². The number of rotatable bonds is 2. The highest BCUT2D eigenvalue weighted by Crippen LogP contribution is 2.30. The van der Waals surface area contributed by atoms with Crippen LogP contribution in [0.4, 0.5) is 0 Å². The lowest BCUT2D eigenvalue weighted by Crippen LogP contribution is -1.91. The lowest BCUT2D eigenvalue weighted by atomic mass is 10.5. The van der Waals surface area contributed by atoms with Gasteiger partial charge in [0.1, 0.15) is 0 Å². The van der Waals surface area contributed by atoms with Gasteiger partial charge in [0, 0.05) is 0 Å². The van der Waals surface area contributed by atoms with E-state index in [4.69, 9.17) is 21.1 Å². The van der Waals surface area contributed by atoms with Crippen LogP contribution in [0, 0.1) is 0 Å². The molecule has 0 spiro atoms. The number of thiazole rings is 1. The van der Waals surface area contributed by atoms with Gasteiger partial charge in [-0.15, -0.1) is 11.3 Å². The fraction of sp³-hybridized carbons (Fsp3) is 0. The number of carboxylic acid groups (broad SMARTS) is 1. The van der Waals surface area contributed by atoms with E-state index in [0.29, 0.717) is 10.8 Å². The lowest BCUT2D eigenvalue weighted by Gasteiger charge is -1.84. The number of aromatic nitrogens is 1. The van der Waals surface area contributed by atoms with Crippen LogP contribution >= 0.6 is 22.9 Å². The summed E-state index contributed by atoms with van der Waals surface area (Å²) in [6.07, 6.45) is 1.49. The zero-order chi connectivity index (χ0) is 10.1. The van der Waals surface area contributed by atoms with Crippen molar-refractivity contribution in [3.63, 3.8) is 0 Å². The second-order valence-electron chi connectivity index (χ2n) is 2.42. The van der Waals surface area contributed by atoms with Crippen molar-refractivity contribution in [1.82, 2.24) is 4.98 Å². The van der Waals surface area contributed by atoms with E-state index in [2.05, 4.69) is 4.98 Å². The van der Waals surface area contributed by atoms with Gasteiger partial charge in [0.15, 0.2) is 20.8 Å². The summed E-state index contributed by atoms with van der Waals surface area (Å²) in [6, 6.07) is 3.39. The second kappa shape index (κ2) is 3.43. The average Bonchev–Trinajstić information content (AvgIpc) is 2.70. The van der Waals surface area contributed by atoms with Gasteiger partial charge in [-0.1, -0.05) is 11.6 Å². The van der Waals surface area contributed by atoms with Crippen LogP contribution in [0.3, 0.4) is 0 Å². The Labute approximate surface area is 87.8 Å². The molecule has 0 atom stereocenters. The molecule has 72 valence electrons. The Bertz CT molecular complexity index is 463. The Morgan fingerprint density at radius 1 is 1.64 bits per heavy atom. The van der Waals surface area contributed by atoms with Crippen molar-refractivity contribution in [1.29, 1.82) is 0 Å². The minimum Gasteiger partial charge on any atom is -0.477 e. The third kappa shape index (κ3) is 1.51. The van der Waals surface area contributed by atoms with E-state index in [1.807, 2.05) is 0 Å². The molecule has 2 heterocycles. The molecule has 0 saturated heterocycles. The first-order valence-electron chi connectivity index (χ1n) is 3.62. The Hall–Kier alpha value is -1.33. The van der Waals surface area contributed by atoms with Gasteiger partial charge in [0.05, 0.1) is 6.26 Å². The lowest BCUT2D eigenvalue weighted by molar-refractivity contribution is 0.0702. The predicted octanol–water partition coefficient (Wildman–Crippen LogP) is 2.75. The molecule has 2 aromatic rings. The highest BCUT2D eigenvalue weighted by atomic mass is 35.5. The van der Waals surface area contributed by atoms with Gasteiger partial charge < -0.3 is 9.52 Å². The standard InChI is InChI=1S/C8H4ClNO3S/c9-6-5(8(11)12)14-7(10-6)4-2-1-3-13-4/h1-3H,(H,11,12). The molecule has 2 rings (SSSR count). The Morgan fingerprint density at radius 3 is 2.93 bits per heavy atom. The molecule has 6 heteroatoms. The first-order chi connectivity index (χ1) is 6.68. The topological polar surface area (TPSA) is 63.3 Å². The molecule has 0 aliphatic carbocycles. The summed E-state index contributed by atoms with van der Waals surface area (Å²) in [5, 5.41) is 9.20. The summed E-state index contributed by atoms with van der Waals surface area (Å²) in [5.41, 5.74) is 0. The van der Waals surface area contributed by atoms with Crippen LogP contribution in [0.2, 0.25) is 5.15 Å². The summed E-state index contributed by atoms with van der Waals surface area (Å²) >= 11 is 6.62. The van der Waals surface area contributed by atoms with E-state index in [9.17, 15) is 4.79 Å². The van der Waals surface area contributed by atoms with Crippen molar-refractivity contribution in [2.45, 2.75) is 0 Å². The molecule has 2 aromatic heterocycles. The van der Waals surface area contributed by atoms with Crippen molar-refractivity contribution in [3.8, 4) is 10.8 Å². The monoisotopic (exact) mass is 229 g/mol. The zero-order valence-electron chi connectivity index (χ0n) is 6.73. The maximum atomic E-state index is 10.7. The fourth-order valence-electron chi connectivity index (χ4n) is 0.939. The Balaban J connectivity index is 2.48. The molecule has 1 N–H and O–H groups in total.